The average molecular weight is 233 g/mol. The number of nitrogen functional groups attached to an aromatic ring is 1. The van der Waals surface area contributed by atoms with Gasteiger partial charge in [-0.2, -0.15) is 0 Å². The molecule has 0 amide bonds. The van der Waals surface area contributed by atoms with Crippen LogP contribution in [0, 0.1) is 5.92 Å². The van der Waals surface area contributed by atoms with Crippen LogP contribution in [-0.2, 0) is 6.42 Å². The topological polar surface area (TPSA) is 51.8 Å². The van der Waals surface area contributed by atoms with Crippen molar-refractivity contribution < 1.29 is 0 Å². The standard InChI is InChI=1S/C14H23N3/c1-3-10-5-7-11(8-6-10)14-16-12(4-2)9-13(15)17-14/h9-11H,3-8H2,1-2H3,(H2,15,16,17). The van der Waals surface area contributed by atoms with E-state index in [9.17, 15) is 0 Å². The Morgan fingerprint density at radius 2 is 1.88 bits per heavy atom. The summed E-state index contributed by atoms with van der Waals surface area (Å²) in [4.78, 5) is 9.06. The third kappa shape index (κ3) is 2.96. The Labute approximate surface area is 104 Å². The van der Waals surface area contributed by atoms with Gasteiger partial charge in [0, 0.05) is 17.7 Å². The highest BCUT2D eigenvalue weighted by Crippen LogP contribution is 2.35. The second-order valence-electron chi connectivity index (χ2n) is 5.12. The quantitative estimate of drug-likeness (QED) is 0.871. The third-order valence-electron chi connectivity index (χ3n) is 3.97. The molecule has 0 saturated heterocycles. The van der Waals surface area contributed by atoms with E-state index < -0.39 is 0 Å². The molecule has 1 saturated carbocycles. The Balaban J connectivity index is 2.10. The number of anilines is 1. The molecule has 3 nitrogen and oxygen atoms in total. The van der Waals surface area contributed by atoms with E-state index in [0.29, 0.717) is 11.7 Å². The largest absolute Gasteiger partial charge is 0.384 e. The lowest BCUT2D eigenvalue weighted by Gasteiger charge is -2.27. The molecule has 1 aliphatic rings. The zero-order valence-corrected chi connectivity index (χ0v) is 10.9. The summed E-state index contributed by atoms with van der Waals surface area (Å²) in [5, 5.41) is 0. The van der Waals surface area contributed by atoms with Crippen molar-refractivity contribution in [3.05, 3.63) is 17.6 Å². The van der Waals surface area contributed by atoms with Gasteiger partial charge in [0.2, 0.25) is 0 Å². The van der Waals surface area contributed by atoms with Gasteiger partial charge >= 0.3 is 0 Å². The fraction of sp³-hybridized carbons (Fsp3) is 0.714. The van der Waals surface area contributed by atoms with Crippen molar-refractivity contribution in [1.82, 2.24) is 9.97 Å². The van der Waals surface area contributed by atoms with E-state index in [2.05, 4.69) is 23.8 Å². The van der Waals surface area contributed by atoms with Gasteiger partial charge in [-0.3, -0.25) is 0 Å². The van der Waals surface area contributed by atoms with E-state index in [4.69, 9.17) is 5.73 Å². The molecule has 1 aliphatic carbocycles. The first-order chi connectivity index (χ1) is 8.22. The number of hydrogen-bond donors (Lipinski definition) is 1. The molecule has 1 heterocycles. The third-order valence-corrected chi connectivity index (χ3v) is 3.97. The van der Waals surface area contributed by atoms with Crippen molar-refractivity contribution in [1.29, 1.82) is 0 Å². The molecule has 0 aromatic carbocycles. The first-order valence-electron chi connectivity index (χ1n) is 6.86. The van der Waals surface area contributed by atoms with Crippen LogP contribution < -0.4 is 5.73 Å². The number of nitrogens with two attached hydrogens (primary N) is 1. The summed E-state index contributed by atoms with van der Waals surface area (Å²) in [6.07, 6.45) is 7.34. The Hall–Kier alpha value is -1.12. The first kappa shape index (κ1) is 12.3. The van der Waals surface area contributed by atoms with Crippen LogP contribution in [0.15, 0.2) is 6.07 Å². The van der Waals surface area contributed by atoms with Gasteiger partial charge in [0.05, 0.1) is 0 Å². The van der Waals surface area contributed by atoms with Gasteiger partial charge in [0.25, 0.3) is 0 Å². The minimum atomic E-state index is 0.534. The number of aryl methyl sites for hydroxylation is 1. The molecule has 0 bridgehead atoms. The predicted molar refractivity (Wildman–Crippen MR) is 70.8 cm³/mol. The van der Waals surface area contributed by atoms with Crippen LogP contribution in [0.25, 0.3) is 0 Å². The maximum Gasteiger partial charge on any atom is 0.134 e. The molecule has 3 heteroatoms. The summed E-state index contributed by atoms with van der Waals surface area (Å²) >= 11 is 0. The van der Waals surface area contributed by atoms with E-state index in [-0.39, 0.29) is 0 Å². The normalized spacial score (nSPS) is 24.8. The van der Waals surface area contributed by atoms with Crippen LogP contribution in [-0.4, -0.2) is 9.97 Å². The van der Waals surface area contributed by atoms with Gasteiger partial charge < -0.3 is 5.73 Å². The molecule has 17 heavy (non-hydrogen) atoms. The lowest BCUT2D eigenvalue weighted by Crippen LogP contribution is -2.16. The SMILES string of the molecule is CCc1cc(N)nc(C2CCC(CC)CC2)n1. The van der Waals surface area contributed by atoms with Gasteiger partial charge in [0.15, 0.2) is 0 Å². The van der Waals surface area contributed by atoms with Crippen LogP contribution >= 0.6 is 0 Å². The zero-order chi connectivity index (χ0) is 12.3. The number of rotatable bonds is 3. The van der Waals surface area contributed by atoms with Crippen molar-refractivity contribution in [2.24, 2.45) is 5.92 Å². The molecular formula is C14H23N3. The van der Waals surface area contributed by atoms with E-state index in [1.165, 1.54) is 32.1 Å². The molecule has 2 rings (SSSR count). The van der Waals surface area contributed by atoms with E-state index in [0.717, 1.165) is 23.9 Å². The summed E-state index contributed by atoms with van der Waals surface area (Å²) < 4.78 is 0. The second kappa shape index (κ2) is 5.48. The zero-order valence-electron chi connectivity index (χ0n) is 10.9. The van der Waals surface area contributed by atoms with E-state index in [1.54, 1.807) is 0 Å². The fourth-order valence-corrected chi connectivity index (χ4v) is 2.73. The average Bonchev–Trinajstić information content (AvgIpc) is 2.38. The molecule has 0 aliphatic heterocycles. The van der Waals surface area contributed by atoms with Gasteiger partial charge in [-0.15, -0.1) is 0 Å². The summed E-state index contributed by atoms with van der Waals surface area (Å²) in [7, 11) is 0. The van der Waals surface area contributed by atoms with Gasteiger partial charge in [-0.1, -0.05) is 20.3 Å². The molecule has 0 spiro atoms. The van der Waals surface area contributed by atoms with Crippen molar-refractivity contribution in [2.45, 2.75) is 58.3 Å². The molecule has 1 aromatic heterocycles. The molecule has 1 fully saturated rings. The van der Waals surface area contributed by atoms with Crippen LogP contribution in [0.2, 0.25) is 0 Å². The summed E-state index contributed by atoms with van der Waals surface area (Å²) in [6.45, 7) is 4.40. The molecule has 0 atom stereocenters. The molecule has 0 unspecified atom stereocenters. The van der Waals surface area contributed by atoms with Gasteiger partial charge in [0.1, 0.15) is 11.6 Å². The first-order valence-corrected chi connectivity index (χ1v) is 6.86. The minimum Gasteiger partial charge on any atom is -0.384 e. The second-order valence-corrected chi connectivity index (χ2v) is 5.12. The Kier molecular flexibility index (Phi) is 3.97. The maximum atomic E-state index is 5.84. The fourth-order valence-electron chi connectivity index (χ4n) is 2.73. The summed E-state index contributed by atoms with van der Waals surface area (Å²) in [5.41, 5.74) is 6.92. The Bertz CT molecular complexity index is 368. The van der Waals surface area contributed by atoms with Gasteiger partial charge in [-0.05, 0) is 38.0 Å². The number of nitrogens with zero attached hydrogens (tertiary/aromatic N) is 2. The molecule has 1 aromatic rings. The summed E-state index contributed by atoms with van der Waals surface area (Å²) in [5.74, 6) is 3.06. The van der Waals surface area contributed by atoms with Crippen molar-refractivity contribution in [3.8, 4) is 0 Å². The highest BCUT2D eigenvalue weighted by atomic mass is 15.0. The van der Waals surface area contributed by atoms with E-state index >= 15 is 0 Å². The van der Waals surface area contributed by atoms with Crippen LogP contribution in [0.5, 0.6) is 0 Å². The minimum absolute atomic E-state index is 0.534. The molecule has 2 N–H and O–H groups in total. The van der Waals surface area contributed by atoms with Crippen molar-refractivity contribution in [2.75, 3.05) is 5.73 Å². The Morgan fingerprint density at radius 3 is 2.47 bits per heavy atom. The Morgan fingerprint density at radius 1 is 1.18 bits per heavy atom. The highest BCUT2D eigenvalue weighted by Gasteiger charge is 2.23. The highest BCUT2D eigenvalue weighted by molar-refractivity contribution is 5.30. The predicted octanol–water partition coefficient (Wildman–Crippen LogP) is 3.31. The van der Waals surface area contributed by atoms with Crippen molar-refractivity contribution >= 4 is 5.82 Å². The van der Waals surface area contributed by atoms with Crippen LogP contribution in [0.4, 0.5) is 5.82 Å². The lowest BCUT2D eigenvalue weighted by molar-refractivity contribution is 0.312. The molecule has 0 radical (unpaired) electrons. The number of hydrogen-bond acceptors (Lipinski definition) is 3. The van der Waals surface area contributed by atoms with Crippen LogP contribution in [0.1, 0.15) is 63.4 Å². The van der Waals surface area contributed by atoms with E-state index in [1.807, 2.05) is 6.07 Å². The lowest BCUT2D eigenvalue weighted by atomic mass is 9.80. The maximum absolute atomic E-state index is 5.84. The van der Waals surface area contributed by atoms with Crippen molar-refractivity contribution in [3.63, 3.8) is 0 Å². The smallest absolute Gasteiger partial charge is 0.134 e. The van der Waals surface area contributed by atoms with Gasteiger partial charge in [-0.25, -0.2) is 9.97 Å². The monoisotopic (exact) mass is 233 g/mol. The van der Waals surface area contributed by atoms with Crippen LogP contribution in [0.3, 0.4) is 0 Å². The number of aromatic nitrogens is 2. The summed E-state index contributed by atoms with van der Waals surface area (Å²) in [6, 6.07) is 1.89. The molecule has 94 valence electrons. The molecular weight excluding hydrogens is 210 g/mol.